The monoisotopic (exact) mass is 285 g/mol. The van der Waals surface area contributed by atoms with E-state index in [2.05, 4.69) is 15.9 Å². The van der Waals surface area contributed by atoms with Gasteiger partial charge in [0, 0.05) is 31.6 Å². The highest BCUT2D eigenvalue weighted by Crippen LogP contribution is 2.16. The van der Waals surface area contributed by atoms with E-state index in [9.17, 15) is 8.78 Å². The first kappa shape index (κ1) is 13.3. The van der Waals surface area contributed by atoms with Crippen LogP contribution in [0.15, 0.2) is 0 Å². The third-order valence-corrected chi connectivity index (χ3v) is 3.01. The maximum absolute atomic E-state index is 12.3. The highest BCUT2D eigenvalue weighted by Gasteiger charge is 2.19. The number of hydrogen-bond acceptors (Lipinski definition) is 2. The minimum Gasteiger partial charge on any atom is -0.381 e. The minimum absolute atomic E-state index is 0.108. The van der Waals surface area contributed by atoms with E-state index >= 15 is 0 Å². The predicted molar refractivity (Wildman–Crippen MR) is 59.8 cm³/mol. The molecule has 1 heterocycles. The molecule has 2 nitrogen and oxygen atoms in total. The molecule has 0 N–H and O–H groups in total. The Morgan fingerprint density at radius 2 is 2.00 bits per heavy atom. The molecule has 90 valence electrons. The van der Waals surface area contributed by atoms with E-state index in [-0.39, 0.29) is 6.54 Å². The fraction of sp³-hybridized carbons (Fsp3) is 1.00. The molecule has 0 aromatic rings. The van der Waals surface area contributed by atoms with Crippen molar-refractivity contribution in [1.82, 2.24) is 4.90 Å². The van der Waals surface area contributed by atoms with Crippen molar-refractivity contribution in [2.75, 3.05) is 38.2 Å². The smallest absolute Gasteiger partial charge is 0.251 e. The minimum atomic E-state index is -2.23. The lowest BCUT2D eigenvalue weighted by Crippen LogP contribution is -2.36. The molecule has 0 atom stereocenters. The Morgan fingerprint density at radius 1 is 1.33 bits per heavy atom. The maximum atomic E-state index is 12.3. The largest absolute Gasteiger partial charge is 0.381 e. The predicted octanol–water partition coefficient (Wildman–Crippen LogP) is 2.38. The Labute approximate surface area is 98.1 Å². The van der Waals surface area contributed by atoms with E-state index < -0.39 is 6.43 Å². The molecule has 0 saturated carbocycles. The molecule has 1 rings (SSSR count). The summed E-state index contributed by atoms with van der Waals surface area (Å²) in [7, 11) is 0. The van der Waals surface area contributed by atoms with E-state index in [1.807, 2.05) is 4.90 Å². The Bertz CT molecular complexity index is 166. The van der Waals surface area contributed by atoms with E-state index in [0.717, 1.165) is 37.9 Å². The molecular formula is C10H18BrF2NO. The number of rotatable bonds is 6. The number of hydrogen-bond donors (Lipinski definition) is 0. The van der Waals surface area contributed by atoms with Gasteiger partial charge in [0.1, 0.15) is 0 Å². The molecular weight excluding hydrogens is 268 g/mol. The van der Waals surface area contributed by atoms with Gasteiger partial charge in [-0.25, -0.2) is 8.78 Å². The summed E-state index contributed by atoms with van der Waals surface area (Å²) in [6.07, 6.45) is -0.228. The zero-order chi connectivity index (χ0) is 11.1. The summed E-state index contributed by atoms with van der Waals surface area (Å²) < 4.78 is 29.8. The number of nitrogens with zero attached hydrogens (tertiary/aromatic N) is 1. The molecule has 5 heteroatoms. The van der Waals surface area contributed by atoms with Crippen LogP contribution in [0, 0.1) is 5.92 Å². The Balaban J connectivity index is 2.28. The van der Waals surface area contributed by atoms with Crippen LogP contribution in [-0.4, -0.2) is 49.5 Å². The lowest BCUT2D eigenvalue weighted by Gasteiger charge is -2.29. The van der Waals surface area contributed by atoms with Crippen LogP contribution in [0.2, 0.25) is 0 Å². The SMILES string of the molecule is FC(F)CN(CCBr)CC1CCOCC1. The van der Waals surface area contributed by atoms with Gasteiger partial charge >= 0.3 is 0 Å². The topological polar surface area (TPSA) is 12.5 Å². The van der Waals surface area contributed by atoms with Crippen molar-refractivity contribution in [3.8, 4) is 0 Å². The van der Waals surface area contributed by atoms with Crippen molar-refractivity contribution in [1.29, 1.82) is 0 Å². The van der Waals surface area contributed by atoms with Gasteiger partial charge in [-0.3, -0.25) is 4.90 Å². The Hall–Kier alpha value is 0.260. The van der Waals surface area contributed by atoms with Crippen molar-refractivity contribution in [2.45, 2.75) is 19.3 Å². The maximum Gasteiger partial charge on any atom is 0.251 e. The van der Waals surface area contributed by atoms with Crippen molar-refractivity contribution >= 4 is 15.9 Å². The van der Waals surface area contributed by atoms with Crippen LogP contribution in [0.5, 0.6) is 0 Å². The average Bonchev–Trinajstić information content (AvgIpc) is 2.18. The molecule has 0 amide bonds. The van der Waals surface area contributed by atoms with Crippen LogP contribution in [0.3, 0.4) is 0 Å². The molecule has 1 saturated heterocycles. The highest BCUT2D eigenvalue weighted by atomic mass is 79.9. The van der Waals surface area contributed by atoms with Crippen LogP contribution in [0.1, 0.15) is 12.8 Å². The summed E-state index contributed by atoms with van der Waals surface area (Å²) in [5, 5.41) is 0.753. The van der Waals surface area contributed by atoms with Gasteiger partial charge in [0.25, 0.3) is 6.43 Å². The lowest BCUT2D eigenvalue weighted by molar-refractivity contribution is 0.0383. The quantitative estimate of drug-likeness (QED) is 0.695. The van der Waals surface area contributed by atoms with E-state index in [1.165, 1.54) is 0 Å². The first-order chi connectivity index (χ1) is 7.22. The summed E-state index contributed by atoms with van der Waals surface area (Å²) in [5.41, 5.74) is 0. The number of ether oxygens (including phenoxy) is 1. The van der Waals surface area contributed by atoms with Crippen LogP contribution in [0.25, 0.3) is 0 Å². The Kier molecular flexibility index (Phi) is 6.68. The molecule has 0 bridgehead atoms. The average molecular weight is 286 g/mol. The fourth-order valence-electron chi connectivity index (χ4n) is 1.87. The van der Waals surface area contributed by atoms with E-state index in [4.69, 9.17) is 4.74 Å². The zero-order valence-electron chi connectivity index (χ0n) is 8.80. The number of alkyl halides is 3. The zero-order valence-corrected chi connectivity index (χ0v) is 10.4. The first-order valence-corrected chi connectivity index (χ1v) is 6.48. The second kappa shape index (κ2) is 7.52. The second-order valence-corrected chi connectivity index (χ2v) is 4.69. The van der Waals surface area contributed by atoms with Gasteiger partial charge in [-0.05, 0) is 18.8 Å². The summed E-state index contributed by atoms with van der Waals surface area (Å²) >= 11 is 3.29. The van der Waals surface area contributed by atoms with Crippen molar-refractivity contribution in [3.05, 3.63) is 0 Å². The molecule has 0 unspecified atom stereocenters. The third-order valence-electron chi connectivity index (χ3n) is 2.65. The molecule has 0 aromatic carbocycles. The standard InChI is InChI=1S/C10H18BrF2NO/c11-3-4-14(8-10(12)13)7-9-1-5-15-6-2-9/h9-10H,1-8H2. The van der Waals surface area contributed by atoms with Gasteiger partial charge < -0.3 is 4.74 Å². The normalized spacial score (nSPS) is 19.0. The Morgan fingerprint density at radius 3 is 2.53 bits per heavy atom. The van der Waals surface area contributed by atoms with Gasteiger partial charge in [0.15, 0.2) is 0 Å². The van der Waals surface area contributed by atoms with E-state index in [1.54, 1.807) is 0 Å². The molecule has 1 aliphatic heterocycles. The van der Waals surface area contributed by atoms with Gasteiger partial charge in [-0.15, -0.1) is 0 Å². The second-order valence-electron chi connectivity index (χ2n) is 3.90. The molecule has 1 aliphatic rings. The molecule has 1 fully saturated rings. The van der Waals surface area contributed by atoms with E-state index in [0.29, 0.717) is 12.5 Å². The summed E-state index contributed by atoms with van der Waals surface area (Å²) in [4.78, 5) is 1.84. The fourth-order valence-corrected chi connectivity index (χ4v) is 2.37. The van der Waals surface area contributed by atoms with Crippen LogP contribution >= 0.6 is 15.9 Å². The number of halogens is 3. The third kappa shape index (κ3) is 5.78. The summed E-state index contributed by atoms with van der Waals surface area (Å²) in [6.45, 7) is 2.92. The van der Waals surface area contributed by atoms with Crippen molar-refractivity contribution < 1.29 is 13.5 Å². The van der Waals surface area contributed by atoms with Crippen molar-refractivity contribution in [3.63, 3.8) is 0 Å². The lowest BCUT2D eigenvalue weighted by atomic mass is 10.00. The van der Waals surface area contributed by atoms with Crippen LogP contribution < -0.4 is 0 Å². The van der Waals surface area contributed by atoms with Crippen LogP contribution in [-0.2, 0) is 4.74 Å². The van der Waals surface area contributed by atoms with Gasteiger partial charge in [-0.2, -0.15) is 0 Å². The summed E-state index contributed by atoms with van der Waals surface area (Å²) in [6, 6.07) is 0. The molecule has 15 heavy (non-hydrogen) atoms. The first-order valence-electron chi connectivity index (χ1n) is 5.36. The van der Waals surface area contributed by atoms with Crippen molar-refractivity contribution in [2.24, 2.45) is 5.92 Å². The van der Waals surface area contributed by atoms with Gasteiger partial charge in [0.2, 0.25) is 0 Å². The molecule has 0 aromatic heterocycles. The van der Waals surface area contributed by atoms with Gasteiger partial charge in [0.05, 0.1) is 6.54 Å². The summed E-state index contributed by atoms with van der Waals surface area (Å²) in [5.74, 6) is 0.525. The molecule has 0 spiro atoms. The highest BCUT2D eigenvalue weighted by molar-refractivity contribution is 9.09. The molecule has 0 radical (unpaired) electrons. The van der Waals surface area contributed by atoms with Gasteiger partial charge in [-0.1, -0.05) is 15.9 Å². The molecule has 0 aliphatic carbocycles. The van der Waals surface area contributed by atoms with Crippen LogP contribution in [0.4, 0.5) is 8.78 Å².